The molecule has 8 nitrogen and oxygen atoms in total. The lowest BCUT2D eigenvalue weighted by Gasteiger charge is -2.28. The molecule has 0 bridgehead atoms. The van der Waals surface area contributed by atoms with E-state index in [0.717, 1.165) is 39.4 Å². The molecule has 34 heavy (non-hydrogen) atoms. The first-order valence-corrected chi connectivity index (χ1v) is 12.1. The molecule has 0 aliphatic carbocycles. The van der Waals surface area contributed by atoms with Crippen molar-refractivity contribution in [1.82, 2.24) is 25.1 Å². The Balaban J connectivity index is 1.64. The van der Waals surface area contributed by atoms with E-state index in [1.807, 2.05) is 36.4 Å². The van der Waals surface area contributed by atoms with Gasteiger partial charge in [-0.25, -0.2) is 4.98 Å². The summed E-state index contributed by atoms with van der Waals surface area (Å²) >= 11 is 7.78. The first-order valence-electron chi connectivity index (χ1n) is 10.9. The highest BCUT2D eigenvalue weighted by molar-refractivity contribution is 7.19. The Morgan fingerprint density at radius 1 is 1.29 bits per heavy atom. The predicted octanol–water partition coefficient (Wildman–Crippen LogP) is 4.36. The molecule has 0 saturated carbocycles. The van der Waals surface area contributed by atoms with Crippen LogP contribution in [0.3, 0.4) is 0 Å². The lowest BCUT2D eigenvalue weighted by atomic mass is 9.96. The van der Waals surface area contributed by atoms with E-state index in [9.17, 15) is 9.90 Å². The van der Waals surface area contributed by atoms with Crippen LogP contribution in [0.1, 0.15) is 30.5 Å². The van der Waals surface area contributed by atoms with Crippen molar-refractivity contribution in [3.63, 3.8) is 0 Å². The molecule has 3 N–H and O–H groups in total. The number of aromatic amines is 1. The largest absolute Gasteiger partial charge is 0.392 e. The number of thiophene rings is 1. The molecule has 1 aliphatic rings. The second-order valence-corrected chi connectivity index (χ2v) is 9.72. The minimum atomic E-state index is -0.359. The summed E-state index contributed by atoms with van der Waals surface area (Å²) in [5, 5.41) is 22.0. The normalized spacial score (nSPS) is 17.1. The van der Waals surface area contributed by atoms with Crippen molar-refractivity contribution in [3.05, 3.63) is 71.1 Å². The molecular formula is C24H23ClN6O2S. The Hall–Kier alpha value is -3.11. The van der Waals surface area contributed by atoms with Gasteiger partial charge in [0.15, 0.2) is 5.82 Å². The molecule has 5 rings (SSSR count). The van der Waals surface area contributed by atoms with Crippen LogP contribution in [-0.2, 0) is 4.79 Å². The summed E-state index contributed by atoms with van der Waals surface area (Å²) in [5.41, 5.74) is 3.08. The van der Waals surface area contributed by atoms with Gasteiger partial charge in [-0.05, 0) is 53.4 Å². The number of β-amino-alcohol motifs (C(OH)–C–C–N with tert-alkyl or cyclic N) is 1. The zero-order valence-corrected chi connectivity index (χ0v) is 20.0. The van der Waals surface area contributed by atoms with E-state index in [1.165, 1.54) is 6.92 Å². The van der Waals surface area contributed by atoms with Crippen LogP contribution in [0.4, 0.5) is 5.82 Å². The number of aliphatic hydroxyl groups is 1. The number of rotatable bonds is 6. The van der Waals surface area contributed by atoms with Crippen LogP contribution < -0.4 is 5.32 Å². The topological polar surface area (TPSA) is 107 Å². The summed E-state index contributed by atoms with van der Waals surface area (Å²) < 4.78 is 0. The van der Waals surface area contributed by atoms with Crippen molar-refractivity contribution in [2.45, 2.75) is 25.5 Å². The smallest absolute Gasteiger partial charge is 0.222 e. The molecule has 1 fully saturated rings. The Labute approximate surface area is 205 Å². The van der Waals surface area contributed by atoms with E-state index >= 15 is 0 Å². The number of amides is 1. The Bertz CT molecular complexity index is 1290. The number of pyridine rings is 1. The van der Waals surface area contributed by atoms with E-state index in [2.05, 4.69) is 36.4 Å². The number of aliphatic hydroxyl groups excluding tert-OH is 1. The number of nitrogens with one attached hydrogen (secondary N) is 2. The number of H-pyrrole nitrogens is 1. The summed E-state index contributed by atoms with van der Waals surface area (Å²) in [6.07, 6.45) is 3.61. The number of halogens is 1. The van der Waals surface area contributed by atoms with Gasteiger partial charge in [-0.2, -0.15) is 0 Å². The molecule has 4 aromatic rings. The molecule has 1 amide bonds. The highest BCUT2D eigenvalue weighted by Gasteiger charge is 2.32. The van der Waals surface area contributed by atoms with Crippen molar-refractivity contribution >= 4 is 34.7 Å². The summed E-state index contributed by atoms with van der Waals surface area (Å²) in [5.74, 6) is 1.01. The standard InChI is InChI=1S/C24H23ClN6O2S/c1-14(32)29-21-10-16(6-8-26-21)20-11-19(23(34-20)24-27-13-28-30-24)22(31-9-7-18(33)12-31)15-2-4-17(25)5-3-15/h2-6,8,10-11,13,18,22,33H,7,9,12H2,1H3,(H,26,29,32)(H,27,28,30)/t18-,22?/m1/s1. The van der Waals surface area contributed by atoms with Gasteiger partial charge in [0.2, 0.25) is 5.91 Å². The first-order chi connectivity index (χ1) is 16.5. The Morgan fingerprint density at radius 3 is 2.79 bits per heavy atom. The van der Waals surface area contributed by atoms with Crippen molar-refractivity contribution in [3.8, 4) is 21.1 Å². The van der Waals surface area contributed by atoms with Crippen LogP contribution >= 0.6 is 22.9 Å². The van der Waals surface area contributed by atoms with Gasteiger partial charge in [0.05, 0.1) is 17.0 Å². The maximum absolute atomic E-state index is 11.5. The van der Waals surface area contributed by atoms with Crippen LogP contribution in [0.15, 0.2) is 55.0 Å². The number of benzene rings is 1. The van der Waals surface area contributed by atoms with Gasteiger partial charge in [0.25, 0.3) is 0 Å². The monoisotopic (exact) mass is 494 g/mol. The lowest BCUT2D eigenvalue weighted by Crippen LogP contribution is -2.28. The third kappa shape index (κ3) is 4.74. The van der Waals surface area contributed by atoms with Crippen LogP contribution in [0, 0.1) is 0 Å². The average molecular weight is 495 g/mol. The van der Waals surface area contributed by atoms with E-state index in [-0.39, 0.29) is 18.1 Å². The third-order valence-corrected chi connectivity index (χ3v) is 7.24. The molecule has 1 unspecified atom stereocenters. The zero-order valence-electron chi connectivity index (χ0n) is 18.4. The minimum Gasteiger partial charge on any atom is -0.392 e. The number of hydrogen-bond acceptors (Lipinski definition) is 7. The van der Waals surface area contributed by atoms with Gasteiger partial charge >= 0.3 is 0 Å². The first kappa shape index (κ1) is 22.7. The molecule has 2 atom stereocenters. The number of nitrogens with zero attached hydrogens (tertiary/aromatic N) is 4. The molecule has 0 radical (unpaired) electrons. The van der Waals surface area contributed by atoms with Gasteiger partial charge in [0.1, 0.15) is 12.1 Å². The van der Waals surface area contributed by atoms with Crippen LogP contribution in [0.2, 0.25) is 5.02 Å². The number of aromatic nitrogens is 4. The fourth-order valence-corrected chi connectivity index (χ4v) is 5.58. The average Bonchev–Trinajstić information content (AvgIpc) is 3.56. The van der Waals surface area contributed by atoms with Gasteiger partial charge in [0, 0.05) is 36.1 Å². The molecule has 3 aromatic heterocycles. The minimum absolute atomic E-state index is 0.101. The SMILES string of the molecule is CC(=O)Nc1cc(-c2cc(C(c3ccc(Cl)cc3)N3CC[C@@H](O)C3)c(-c3nnc[nH]3)s2)ccn1. The van der Waals surface area contributed by atoms with E-state index in [0.29, 0.717) is 23.2 Å². The molecular weight excluding hydrogens is 472 g/mol. The second-order valence-electron chi connectivity index (χ2n) is 8.24. The fourth-order valence-electron chi connectivity index (χ4n) is 4.32. The molecule has 4 heterocycles. The Kier molecular flexibility index (Phi) is 6.42. The molecule has 1 aliphatic heterocycles. The Morgan fingerprint density at radius 2 is 2.12 bits per heavy atom. The maximum Gasteiger partial charge on any atom is 0.222 e. The van der Waals surface area contributed by atoms with E-state index < -0.39 is 0 Å². The molecule has 10 heteroatoms. The van der Waals surface area contributed by atoms with Gasteiger partial charge in [-0.1, -0.05) is 23.7 Å². The zero-order chi connectivity index (χ0) is 23.7. The number of likely N-dealkylation sites (tertiary alicyclic amines) is 1. The number of anilines is 1. The van der Waals surface area contributed by atoms with Crippen LogP contribution in [-0.4, -0.2) is 55.3 Å². The quantitative estimate of drug-likeness (QED) is 0.367. The maximum atomic E-state index is 11.5. The number of carbonyl (C=O) groups is 1. The summed E-state index contributed by atoms with van der Waals surface area (Å²) in [7, 11) is 0. The van der Waals surface area contributed by atoms with Gasteiger partial charge in [-0.15, -0.1) is 21.5 Å². The van der Waals surface area contributed by atoms with Gasteiger partial charge in [-0.3, -0.25) is 9.69 Å². The van der Waals surface area contributed by atoms with E-state index in [4.69, 9.17) is 11.6 Å². The third-order valence-electron chi connectivity index (χ3n) is 5.78. The number of carbonyl (C=O) groups excluding carboxylic acids is 1. The summed E-state index contributed by atoms with van der Waals surface area (Å²) in [4.78, 5) is 23.2. The highest BCUT2D eigenvalue weighted by Crippen LogP contribution is 2.44. The molecule has 0 spiro atoms. The summed E-state index contributed by atoms with van der Waals surface area (Å²) in [6.45, 7) is 2.81. The highest BCUT2D eigenvalue weighted by atomic mass is 35.5. The lowest BCUT2D eigenvalue weighted by molar-refractivity contribution is -0.114. The van der Waals surface area contributed by atoms with Crippen LogP contribution in [0.25, 0.3) is 21.1 Å². The molecule has 1 saturated heterocycles. The van der Waals surface area contributed by atoms with Crippen LogP contribution in [0.5, 0.6) is 0 Å². The molecule has 174 valence electrons. The van der Waals surface area contributed by atoms with Crippen molar-refractivity contribution in [2.75, 3.05) is 18.4 Å². The second kappa shape index (κ2) is 9.63. The van der Waals surface area contributed by atoms with Crippen molar-refractivity contribution in [2.24, 2.45) is 0 Å². The number of hydrogen-bond donors (Lipinski definition) is 3. The predicted molar refractivity (Wildman–Crippen MR) is 133 cm³/mol. The van der Waals surface area contributed by atoms with Crippen molar-refractivity contribution < 1.29 is 9.90 Å². The van der Waals surface area contributed by atoms with Crippen molar-refractivity contribution in [1.29, 1.82) is 0 Å². The molecule has 1 aromatic carbocycles. The summed E-state index contributed by atoms with van der Waals surface area (Å²) in [6, 6.07) is 13.7. The fraction of sp³-hybridized carbons (Fsp3) is 0.250. The van der Waals surface area contributed by atoms with E-state index in [1.54, 1.807) is 23.9 Å². The van der Waals surface area contributed by atoms with Gasteiger partial charge < -0.3 is 15.4 Å².